The van der Waals surface area contributed by atoms with Crippen molar-refractivity contribution in [2.24, 2.45) is 0 Å². The van der Waals surface area contributed by atoms with Gasteiger partial charge in [0.15, 0.2) is 0 Å². The maximum atomic E-state index is 4.38. The molecule has 112 valence electrons. The van der Waals surface area contributed by atoms with Crippen LogP contribution in [0, 0.1) is 6.92 Å². The first-order valence-corrected chi connectivity index (χ1v) is 8.12. The zero-order valence-corrected chi connectivity index (χ0v) is 13.4. The first-order chi connectivity index (χ1) is 10.7. The summed E-state index contributed by atoms with van der Waals surface area (Å²) >= 11 is 0. The van der Waals surface area contributed by atoms with Crippen molar-refractivity contribution in [1.29, 1.82) is 0 Å². The first kappa shape index (κ1) is 14.8. The highest BCUT2D eigenvalue weighted by atomic mass is 14.6. The van der Waals surface area contributed by atoms with Crippen LogP contribution in [0.2, 0.25) is 0 Å². The van der Waals surface area contributed by atoms with Gasteiger partial charge in [0.05, 0.1) is 5.52 Å². The molecule has 1 nitrogen and oxygen atoms in total. The third-order valence-corrected chi connectivity index (χ3v) is 4.38. The smallest absolute Gasteiger partial charge is 0.0702 e. The van der Waals surface area contributed by atoms with Crippen molar-refractivity contribution in [2.75, 3.05) is 0 Å². The first-order valence-electron chi connectivity index (χ1n) is 8.12. The second kappa shape index (κ2) is 6.74. The molecule has 0 aliphatic carbocycles. The molecular formula is C21H23N. The summed E-state index contributed by atoms with van der Waals surface area (Å²) in [5.74, 6) is 0.627. The van der Waals surface area contributed by atoms with Gasteiger partial charge in [-0.15, -0.1) is 0 Å². The van der Waals surface area contributed by atoms with Crippen molar-refractivity contribution in [3.8, 4) is 0 Å². The number of aromatic nitrogens is 1. The van der Waals surface area contributed by atoms with Gasteiger partial charge in [-0.2, -0.15) is 0 Å². The van der Waals surface area contributed by atoms with E-state index >= 15 is 0 Å². The second-order valence-corrected chi connectivity index (χ2v) is 6.24. The number of pyridine rings is 1. The fourth-order valence-corrected chi connectivity index (χ4v) is 3.04. The number of hydrogen-bond donors (Lipinski definition) is 0. The monoisotopic (exact) mass is 289 g/mol. The van der Waals surface area contributed by atoms with Gasteiger partial charge in [-0.25, -0.2) is 0 Å². The van der Waals surface area contributed by atoms with E-state index < -0.39 is 0 Å². The average Bonchev–Trinajstić information content (AvgIpc) is 2.54. The number of rotatable bonds is 5. The van der Waals surface area contributed by atoms with Crippen LogP contribution in [0.15, 0.2) is 60.8 Å². The standard InChI is InChI=1S/C21H23N/c1-16-6-3-9-19(14-16)17(2)7-4-8-18-11-12-21-20(15-18)10-5-13-22-21/h3,5-6,9-15,17H,4,7-8H2,1-2H3. The lowest BCUT2D eigenvalue weighted by Crippen LogP contribution is -1.96. The lowest BCUT2D eigenvalue weighted by atomic mass is 9.93. The summed E-state index contributed by atoms with van der Waals surface area (Å²) in [4.78, 5) is 4.38. The molecule has 0 saturated carbocycles. The van der Waals surface area contributed by atoms with E-state index in [4.69, 9.17) is 0 Å². The van der Waals surface area contributed by atoms with Crippen molar-refractivity contribution in [3.63, 3.8) is 0 Å². The minimum atomic E-state index is 0.627. The van der Waals surface area contributed by atoms with E-state index in [1.54, 1.807) is 0 Å². The van der Waals surface area contributed by atoms with Gasteiger partial charge in [0.2, 0.25) is 0 Å². The quantitative estimate of drug-likeness (QED) is 0.589. The molecule has 3 rings (SSSR count). The molecule has 0 aliphatic heterocycles. The van der Waals surface area contributed by atoms with Crippen LogP contribution in [-0.4, -0.2) is 4.98 Å². The molecule has 0 fully saturated rings. The molecular weight excluding hydrogens is 266 g/mol. The highest BCUT2D eigenvalue weighted by Gasteiger charge is 2.06. The number of nitrogens with zero attached hydrogens (tertiary/aromatic N) is 1. The highest BCUT2D eigenvalue weighted by Crippen LogP contribution is 2.23. The van der Waals surface area contributed by atoms with Gasteiger partial charge < -0.3 is 0 Å². The molecule has 0 N–H and O–H groups in total. The molecule has 1 aromatic heterocycles. The van der Waals surface area contributed by atoms with Gasteiger partial charge in [-0.1, -0.05) is 48.9 Å². The molecule has 22 heavy (non-hydrogen) atoms. The molecule has 0 spiro atoms. The van der Waals surface area contributed by atoms with Crippen LogP contribution in [0.25, 0.3) is 10.9 Å². The Balaban J connectivity index is 1.59. The molecule has 3 aromatic rings. The van der Waals surface area contributed by atoms with Crippen LogP contribution in [0.5, 0.6) is 0 Å². The Kier molecular flexibility index (Phi) is 4.53. The lowest BCUT2D eigenvalue weighted by Gasteiger charge is -2.12. The fourth-order valence-electron chi connectivity index (χ4n) is 3.04. The molecule has 0 saturated heterocycles. The summed E-state index contributed by atoms with van der Waals surface area (Å²) in [6, 6.07) is 19.7. The largest absolute Gasteiger partial charge is 0.256 e. The third kappa shape index (κ3) is 3.54. The van der Waals surface area contributed by atoms with Crippen molar-refractivity contribution in [2.45, 2.75) is 39.0 Å². The van der Waals surface area contributed by atoms with Crippen molar-refractivity contribution in [3.05, 3.63) is 77.5 Å². The predicted molar refractivity (Wildman–Crippen MR) is 94.3 cm³/mol. The van der Waals surface area contributed by atoms with Gasteiger partial charge >= 0.3 is 0 Å². The molecule has 1 unspecified atom stereocenters. The van der Waals surface area contributed by atoms with Crippen LogP contribution < -0.4 is 0 Å². The van der Waals surface area contributed by atoms with Gasteiger partial charge in [0, 0.05) is 11.6 Å². The van der Waals surface area contributed by atoms with Crippen molar-refractivity contribution >= 4 is 10.9 Å². The second-order valence-electron chi connectivity index (χ2n) is 6.24. The molecule has 0 bridgehead atoms. The van der Waals surface area contributed by atoms with Gasteiger partial charge in [0.25, 0.3) is 0 Å². The van der Waals surface area contributed by atoms with Gasteiger partial charge in [-0.3, -0.25) is 4.98 Å². The maximum absolute atomic E-state index is 4.38. The fraction of sp³-hybridized carbons (Fsp3) is 0.286. The van der Waals surface area contributed by atoms with Crippen LogP contribution in [0.4, 0.5) is 0 Å². The Labute approximate surface area is 133 Å². The van der Waals surface area contributed by atoms with E-state index in [1.165, 1.54) is 34.9 Å². The SMILES string of the molecule is Cc1cccc(C(C)CCCc2ccc3ncccc3c2)c1. The molecule has 1 heterocycles. The van der Waals surface area contributed by atoms with Gasteiger partial charge in [-0.05, 0) is 61.4 Å². The Morgan fingerprint density at radius 3 is 2.77 bits per heavy atom. The van der Waals surface area contributed by atoms with E-state index in [2.05, 4.69) is 67.4 Å². The summed E-state index contributed by atoms with van der Waals surface area (Å²) in [5, 5.41) is 1.24. The van der Waals surface area contributed by atoms with E-state index in [0.29, 0.717) is 5.92 Å². The number of hydrogen-bond acceptors (Lipinski definition) is 1. The maximum Gasteiger partial charge on any atom is 0.0702 e. The van der Waals surface area contributed by atoms with Crippen LogP contribution in [-0.2, 0) is 6.42 Å². The molecule has 0 radical (unpaired) electrons. The molecule has 1 heteroatoms. The van der Waals surface area contributed by atoms with E-state index in [1.807, 2.05) is 12.3 Å². The summed E-state index contributed by atoms with van der Waals surface area (Å²) in [5.41, 5.74) is 5.31. The minimum Gasteiger partial charge on any atom is -0.256 e. The van der Waals surface area contributed by atoms with E-state index in [-0.39, 0.29) is 0 Å². The summed E-state index contributed by atoms with van der Waals surface area (Å²) in [6.45, 7) is 4.50. The number of aryl methyl sites for hydroxylation is 2. The lowest BCUT2D eigenvalue weighted by molar-refractivity contribution is 0.633. The van der Waals surface area contributed by atoms with Crippen LogP contribution >= 0.6 is 0 Å². The summed E-state index contributed by atoms with van der Waals surface area (Å²) in [7, 11) is 0. The minimum absolute atomic E-state index is 0.627. The number of fused-ring (bicyclic) bond motifs is 1. The Morgan fingerprint density at radius 1 is 1.00 bits per heavy atom. The Bertz CT molecular complexity index is 760. The average molecular weight is 289 g/mol. The van der Waals surface area contributed by atoms with E-state index in [0.717, 1.165) is 11.9 Å². The van der Waals surface area contributed by atoms with E-state index in [9.17, 15) is 0 Å². The molecule has 2 aromatic carbocycles. The molecule has 0 aliphatic rings. The van der Waals surface area contributed by atoms with Crippen molar-refractivity contribution in [1.82, 2.24) is 4.98 Å². The van der Waals surface area contributed by atoms with Crippen LogP contribution in [0.3, 0.4) is 0 Å². The Hall–Kier alpha value is -2.15. The normalized spacial score (nSPS) is 12.5. The Morgan fingerprint density at radius 2 is 1.91 bits per heavy atom. The number of benzene rings is 2. The predicted octanol–water partition coefficient (Wildman–Crippen LogP) is 5.67. The zero-order chi connectivity index (χ0) is 15.4. The molecule has 1 atom stereocenters. The van der Waals surface area contributed by atoms with Crippen LogP contribution in [0.1, 0.15) is 42.4 Å². The van der Waals surface area contributed by atoms with Gasteiger partial charge in [0.1, 0.15) is 0 Å². The van der Waals surface area contributed by atoms with Crippen molar-refractivity contribution < 1.29 is 0 Å². The summed E-state index contributed by atoms with van der Waals surface area (Å²) < 4.78 is 0. The summed E-state index contributed by atoms with van der Waals surface area (Å²) in [6.07, 6.45) is 5.45. The third-order valence-electron chi connectivity index (χ3n) is 4.38. The highest BCUT2D eigenvalue weighted by molar-refractivity contribution is 5.78. The zero-order valence-electron chi connectivity index (χ0n) is 13.4. The molecule has 0 amide bonds. The topological polar surface area (TPSA) is 12.9 Å².